The zero-order chi connectivity index (χ0) is 21.0. The van der Waals surface area contributed by atoms with E-state index in [1.54, 1.807) is 20.8 Å². The maximum Gasteiger partial charge on any atom is 0.108 e. The Kier molecular flexibility index (Phi) is 3.44. The molecule has 0 bridgehead atoms. The Morgan fingerprint density at radius 1 is 0.433 bits per heavy atom. The Balaban J connectivity index is 1.70. The molecule has 2 aliphatic heterocycles. The molecular formula is C28H28Si2. The maximum atomic E-state index is 2.50. The molecule has 6 rings (SSSR count). The molecule has 30 heavy (non-hydrogen) atoms. The predicted molar refractivity (Wildman–Crippen MR) is 140 cm³/mol. The van der Waals surface area contributed by atoms with Crippen molar-refractivity contribution in [3.05, 3.63) is 70.1 Å². The van der Waals surface area contributed by atoms with E-state index in [9.17, 15) is 0 Å². The van der Waals surface area contributed by atoms with Crippen molar-refractivity contribution in [1.29, 1.82) is 0 Å². The molecule has 0 fully saturated rings. The summed E-state index contributed by atoms with van der Waals surface area (Å²) in [7, 11) is -3.10. The van der Waals surface area contributed by atoms with Crippen LogP contribution in [-0.4, -0.2) is 16.1 Å². The van der Waals surface area contributed by atoms with Crippen molar-refractivity contribution in [2.75, 3.05) is 0 Å². The smallest absolute Gasteiger partial charge is 0.0784 e. The van der Waals surface area contributed by atoms with Gasteiger partial charge in [-0.05, 0) is 67.7 Å². The van der Waals surface area contributed by atoms with Crippen LogP contribution in [0.1, 0.15) is 25.0 Å². The van der Waals surface area contributed by atoms with Gasteiger partial charge >= 0.3 is 0 Å². The molecule has 0 unspecified atom stereocenters. The number of hydrogen-bond acceptors (Lipinski definition) is 0. The number of rotatable bonds is 0. The quantitative estimate of drug-likeness (QED) is 0.215. The zero-order valence-corrected chi connectivity index (χ0v) is 20.8. The van der Waals surface area contributed by atoms with Crippen molar-refractivity contribution in [3.8, 4) is 0 Å². The molecule has 0 aromatic heterocycles. The highest BCUT2D eigenvalue weighted by Gasteiger charge is 2.35. The van der Waals surface area contributed by atoms with Gasteiger partial charge in [0.05, 0.1) is 0 Å². The predicted octanol–water partition coefficient (Wildman–Crippen LogP) is 6.89. The third-order valence-electron chi connectivity index (χ3n) is 8.23. The fraction of sp³-hybridized carbons (Fsp3) is 0.214. The van der Waals surface area contributed by atoms with Gasteiger partial charge in [0.15, 0.2) is 0 Å². The minimum Gasteiger partial charge on any atom is -0.0784 e. The monoisotopic (exact) mass is 420 g/mol. The molecule has 2 heteroatoms. The fourth-order valence-corrected chi connectivity index (χ4v) is 11.3. The summed E-state index contributed by atoms with van der Waals surface area (Å²) in [5, 5.41) is 15.0. The molecule has 148 valence electrons. The average molecular weight is 421 g/mol. The van der Waals surface area contributed by atoms with Crippen LogP contribution in [0, 0.1) is 0 Å². The van der Waals surface area contributed by atoms with E-state index in [-0.39, 0.29) is 0 Å². The van der Waals surface area contributed by atoms with Crippen LogP contribution in [0.15, 0.2) is 58.9 Å². The van der Waals surface area contributed by atoms with Crippen LogP contribution < -0.4 is 10.4 Å². The third-order valence-corrected chi connectivity index (χ3v) is 16.1. The van der Waals surface area contributed by atoms with Gasteiger partial charge in [0.1, 0.15) is 16.1 Å². The van der Waals surface area contributed by atoms with E-state index in [4.69, 9.17) is 0 Å². The second-order valence-corrected chi connectivity index (χ2v) is 19.5. The summed E-state index contributed by atoms with van der Waals surface area (Å²) >= 11 is 0. The molecule has 4 aromatic carbocycles. The molecule has 0 nitrogen and oxygen atoms in total. The van der Waals surface area contributed by atoms with Gasteiger partial charge in [-0.15, -0.1) is 0 Å². The van der Waals surface area contributed by atoms with Crippen LogP contribution in [0.25, 0.3) is 44.5 Å². The van der Waals surface area contributed by atoms with Crippen LogP contribution in [0.2, 0.25) is 26.2 Å². The van der Waals surface area contributed by atoms with E-state index in [2.05, 4.69) is 101 Å². The van der Waals surface area contributed by atoms with Crippen molar-refractivity contribution >= 4 is 71.0 Å². The summed E-state index contributed by atoms with van der Waals surface area (Å²) < 4.78 is 0. The first-order valence-corrected chi connectivity index (χ1v) is 17.0. The normalized spacial score (nSPS) is 18.6. The first kappa shape index (κ1) is 18.4. The van der Waals surface area contributed by atoms with Gasteiger partial charge < -0.3 is 0 Å². The molecule has 0 amide bonds. The lowest BCUT2D eigenvalue weighted by Crippen LogP contribution is -2.41. The highest BCUT2D eigenvalue weighted by atomic mass is 28.3. The third kappa shape index (κ3) is 2.11. The van der Waals surface area contributed by atoms with Gasteiger partial charge in [-0.2, -0.15) is 0 Å². The van der Waals surface area contributed by atoms with Gasteiger partial charge in [0, 0.05) is 0 Å². The van der Waals surface area contributed by atoms with Gasteiger partial charge in [-0.3, -0.25) is 0 Å². The SMILES string of the molecule is CC1=Cc2ccc3c(ccc4c5ccc6c(c5ccc34)[Si](C)(C)C(C)=C6)c2[Si]1(C)C. The average Bonchev–Trinajstić information content (AvgIpc) is 3.09. The van der Waals surface area contributed by atoms with E-state index in [1.165, 1.54) is 43.4 Å². The topological polar surface area (TPSA) is 0 Å². The molecule has 0 atom stereocenters. The van der Waals surface area contributed by atoms with Crippen LogP contribution in [0.3, 0.4) is 0 Å². The second kappa shape index (κ2) is 5.63. The van der Waals surface area contributed by atoms with Crippen LogP contribution in [-0.2, 0) is 0 Å². The fourth-order valence-electron chi connectivity index (χ4n) is 5.93. The number of fused-ring (bicyclic) bond motifs is 9. The zero-order valence-electron chi connectivity index (χ0n) is 18.8. The molecule has 4 aromatic rings. The van der Waals surface area contributed by atoms with Crippen molar-refractivity contribution in [1.82, 2.24) is 0 Å². The van der Waals surface area contributed by atoms with E-state index >= 15 is 0 Å². The minimum atomic E-state index is -1.55. The number of benzene rings is 4. The van der Waals surface area contributed by atoms with Crippen LogP contribution in [0.4, 0.5) is 0 Å². The standard InChI is InChI=1S/C28H28Si2/c1-17-15-19-7-9-23-21-12-14-26-24(10-8-20-16-18(2)30(5,6)28(20)26)22(21)11-13-25(23)27(19)29(17,3)4/h7-16H,1-6H3. The summed E-state index contributed by atoms with van der Waals surface area (Å²) in [6.07, 6.45) is 4.86. The van der Waals surface area contributed by atoms with Gasteiger partial charge in [-0.25, -0.2) is 0 Å². The lowest BCUT2D eigenvalue weighted by atomic mass is 9.95. The summed E-state index contributed by atoms with van der Waals surface area (Å²) in [4.78, 5) is 0. The Morgan fingerprint density at radius 3 is 1.13 bits per heavy atom. The van der Waals surface area contributed by atoms with Crippen LogP contribution >= 0.6 is 0 Å². The Hall–Kier alpha value is -2.43. The molecule has 0 spiro atoms. The molecule has 0 N–H and O–H groups in total. The number of allylic oxidation sites excluding steroid dienone is 2. The van der Waals surface area contributed by atoms with E-state index in [0.717, 1.165) is 0 Å². The first-order valence-electron chi connectivity index (χ1n) is 11.0. The summed E-state index contributed by atoms with van der Waals surface area (Å²) in [5.41, 5.74) is 2.90. The van der Waals surface area contributed by atoms with Gasteiger partial charge in [-0.1, -0.05) is 97.3 Å². The highest BCUT2D eigenvalue weighted by Crippen LogP contribution is 2.37. The van der Waals surface area contributed by atoms with Crippen molar-refractivity contribution < 1.29 is 0 Å². The highest BCUT2D eigenvalue weighted by molar-refractivity contribution is 7.00. The van der Waals surface area contributed by atoms with E-state index in [1.807, 2.05) is 0 Å². The summed E-state index contributed by atoms with van der Waals surface area (Å²) in [6, 6.07) is 19.1. The second-order valence-electron chi connectivity index (χ2n) is 10.4. The summed E-state index contributed by atoms with van der Waals surface area (Å²) in [6.45, 7) is 14.7. The van der Waals surface area contributed by atoms with Crippen molar-refractivity contribution in [2.24, 2.45) is 0 Å². The molecule has 2 aliphatic rings. The molecule has 2 heterocycles. The van der Waals surface area contributed by atoms with E-state index < -0.39 is 16.1 Å². The maximum absolute atomic E-state index is 2.50. The van der Waals surface area contributed by atoms with Gasteiger partial charge in [0.25, 0.3) is 0 Å². The lowest BCUT2D eigenvalue weighted by Gasteiger charge is -2.23. The largest absolute Gasteiger partial charge is 0.108 e. The Bertz CT molecular complexity index is 1380. The molecule has 0 saturated heterocycles. The van der Waals surface area contributed by atoms with Crippen molar-refractivity contribution in [3.63, 3.8) is 0 Å². The van der Waals surface area contributed by atoms with Crippen molar-refractivity contribution in [2.45, 2.75) is 40.0 Å². The minimum absolute atomic E-state index is 1.40. The first-order chi connectivity index (χ1) is 14.2. The molecule has 0 saturated carbocycles. The van der Waals surface area contributed by atoms with E-state index in [0.29, 0.717) is 0 Å². The molecular weight excluding hydrogens is 392 g/mol. The molecule has 0 aliphatic carbocycles. The Morgan fingerprint density at radius 2 is 0.733 bits per heavy atom. The summed E-state index contributed by atoms with van der Waals surface area (Å²) in [5.74, 6) is 0. The van der Waals surface area contributed by atoms with Crippen LogP contribution in [0.5, 0.6) is 0 Å². The number of hydrogen-bond donors (Lipinski definition) is 0. The lowest BCUT2D eigenvalue weighted by molar-refractivity contribution is 1.62. The Labute approximate surface area is 180 Å². The van der Waals surface area contributed by atoms with Gasteiger partial charge in [0.2, 0.25) is 0 Å². The molecule has 0 radical (unpaired) electrons.